The number of rotatable bonds is 4. The predicted molar refractivity (Wildman–Crippen MR) is 89.4 cm³/mol. The molecule has 1 N–H and O–H groups in total. The molecular formula is C18H25NS. The number of thiophene rings is 1. The lowest BCUT2D eigenvalue weighted by Gasteiger charge is -2.30. The molecule has 1 aliphatic rings. The monoisotopic (exact) mass is 287 g/mol. The molecule has 1 aromatic carbocycles. The Morgan fingerprint density at radius 1 is 1.25 bits per heavy atom. The van der Waals surface area contributed by atoms with E-state index in [4.69, 9.17) is 0 Å². The molecule has 1 fully saturated rings. The molecule has 108 valence electrons. The lowest BCUT2D eigenvalue weighted by Crippen LogP contribution is -2.30. The maximum Gasteiger partial charge on any atom is 0.0386 e. The highest BCUT2D eigenvalue weighted by atomic mass is 32.1. The molecule has 0 amide bonds. The summed E-state index contributed by atoms with van der Waals surface area (Å²) in [6.45, 7) is 5.91. The first-order valence-electron chi connectivity index (χ1n) is 7.96. The average Bonchev–Trinajstić information content (AvgIpc) is 2.90. The minimum atomic E-state index is 0.474. The molecule has 0 saturated heterocycles. The Balaban J connectivity index is 1.62. The van der Waals surface area contributed by atoms with Crippen LogP contribution in [0.15, 0.2) is 30.3 Å². The third-order valence-electron chi connectivity index (χ3n) is 4.85. The standard InChI is InChI=1S/C18H25NS/c1-13-7-3-4-9-16(13)12-19-14(2)18-11-15-8-5-6-10-17(15)20-18/h5-6,8,10-11,13-14,16,19H,3-4,7,9,12H2,1-2H3. The molecule has 0 radical (unpaired) electrons. The van der Waals surface area contributed by atoms with E-state index in [0.717, 1.165) is 11.8 Å². The lowest BCUT2D eigenvalue weighted by atomic mass is 9.80. The molecule has 0 bridgehead atoms. The van der Waals surface area contributed by atoms with Gasteiger partial charge in [0.15, 0.2) is 0 Å². The van der Waals surface area contributed by atoms with Crippen molar-refractivity contribution in [2.75, 3.05) is 6.54 Å². The fraction of sp³-hybridized carbons (Fsp3) is 0.556. The van der Waals surface area contributed by atoms with E-state index in [1.165, 1.54) is 47.2 Å². The summed E-state index contributed by atoms with van der Waals surface area (Å²) in [5.41, 5.74) is 0. The Morgan fingerprint density at radius 2 is 2.05 bits per heavy atom. The molecule has 0 spiro atoms. The van der Waals surface area contributed by atoms with Gasteiger partial charge in [0.2, 0.25) is 0 Å². The van der Waals surface area contributed by atoms with Crippen LogP contribution in [0, 0.1) is 11.8 Å². The molecule has 2 heteroatoms. The van der Waals surface area contributed by atoms with Gasteiger partial charge in [0.25, 0.3) is 0 Å². The topological polar surface area (TPSA) is 12.0 Å². The van der Waals surface area contributed by atoms with Crippen molar-refractivity contribution < 1.29 is 0 Å². The minimum absolute atomic E-state index is 0.474. The van der Waals surface area contributed by atoms with Crippen LogP contribution < -0.4 is 5.32 Å². The molecule has 1 saturated carbocycles. The van der Waals surface area contributed by atoms with Crippen LogP contribution in [-0.2, 0) is 0 Å². The van der Waals surface area contributed by atoms with Crippen LogP contribution in [0.5, 0.6) is 0 Å². The molecule has 3 atom stereocenters. The van der Waals surface area contributed by atoms with Gasteiger partial charge in [-0.1, -0.05) is 44.4 Å². The summed E-state index contributed by atoms with van der Waals surface area (Å²) in [6, 6.07) is 11.5. The van der Waals surface area contributed by atoms with E-state index in [-0.39, 0.29) is 0 Å². The number of fused-ring (bicyclic) bond motifs is 1. The van der Waals surface area contributed by atoms with E-state index in [0.29, 0.717) is 6.04 Å². The summed E-state index contributed by atoms with van der Waals surface area (Å²) < 4.78 is 1.40. The number of hydrogen-bond donors (Lipinski definition) is 1. The second kappa shape index (κ2) is 6.28. The third-order valence-corrected chi connectivity index (χ3v) is 6.15. The van der Waals surface area contributed by atoms with Gasteiger partial charge in [0, 0.05) is 15.6 Å². The van der Waals surface area contributed by atoms with Crippen molar-refractivity contribution in [2.45, 2.75) is 45.6 Å². The van der Waals surface area contributed by atoms with Gasteiger partial charge in [-0.2, -0.15) is 0 Å². The molecule has 3 rings (SSSR count). The maximum atomic E-state index is 3.77. The second-order valence-electron chi connectivity index (χ2n) is 6.34. The van der Waals surface area contributed by atoms with Crippen molar-refractivity contribution in [2.24, 2.45) is 11.8 Å². The van der Waals surface area contributed by atoms with Gasteiger partial charge in [-0.05, 0) is 49.2 Å². The summed E-state index contributed by atoms with van der Waals surface area (Å²) in [5, 5.41) is 5.15. The van der Waals surface area contributed by atoms with Crippen LogP contribution in [0.25, 0.3) is 10.1 Å². The highest BCUT2D eigenvalue weighted by Crippen LogP contribution is 2.32. The quantitative estimate of drug-likeness (QED) is 0.796. The van der Waals surface area contributed by atoms with Gasteiger partial charge in [0.05, 0.1) is 0 Å². The zero-order valence-corrected chi connectivity index (χ0v) is 13.4. The second-order valence-corrected chi connectivity index (χ2v) is 7.45. The van der Waals surface area contributed by atoms with Crippen molar-refractivity contribution in [3.8, 4) is 0 Å². The molecule has 0 aliphatic heterocycles. The average molecular weight is 287 g/mol. The van der Waals surface area contributed by atoms with E-state index in [1.54, 1.807) is 0 Å². The largest absolute Gasteiger partial charge is 0.309 e. The Morgan fingerprint density at radius 3 is 2.85 bits per heavy atom. The Bertz CT molecular complexity index is 526. The van der Waals surface area contributed by atoms with E-state index >= 15 is 0 Å². The first-order valence-corrected chi connectivity index (χ1v) is 8.77. The lowest BCUT2D eigenvalue weighted by molar-refractivity contribution is 0.243. The highest BCUT2D eigenvalue weighted by Gasteiger charge is 2.21. The normalized spacial score (nSPS) is 24.9. The first kappa shape index (κ1) is 14.1. The summed E-state index contributed by atoms with van der Waals surface area (Å²) in [7, 11) is 0. The number of hydrogen-bond acceptors (Lipinski definition) is 2. The van der Waals surface area contributed by atoms with Crippen molar-refractivity contribution in [3.05, 3.63) is 35.2 Å². The van der Waals surface area contributed by atoms with Gasteiger partial charge >= 0.3 is 0 Å². The van der Waals surface area contributed by atoms with Crippen molar-refractivity contribution in [1.82, 2.24) is 5.32 Å². The molecular weight excluding hydrogens is 262 g/mol. The van der Waals surface area contributed by atoms with E-state index in [9.17, 15) is 0 Å². The van der Waals surface area contributed by atoms with Gasteiger partial charge in [-0.25, -0.2) is 0 Å². The molecule has 20 heavy (non-hydrogen) atoms. The fourth-order valence-corrected chi connectivity index (χ4v) is 4.43. The number of benzene rings is 1. The molecule has 2 aromatic rings. The minimum Gasteiger partial charge on any atom is -0.309 e. The predicted octanol–water partition coefficient (Wildman–Crippen LogP) is 5.38. The zero-order chi connectivity index (χ0) is 13.9. The Hall–Kier alpha value is -0.860. The first-order chi connectivity index (χ1) is 9.74. The van der Waals surface area contributed by atoms with Crippen LogP contribution in [0.4, 0.5) is 0 Å². The highest BCUT2D eigenvalue weighted by molar-refractivity contribution is 7.19. The molecule has 1 nitrogen and oxygen atoms in total. The molecule has 1 aliphatic carbocycles. The van der Waals surface area contributed by atoms with Gasteiger partial charge < -0.3 is 5.32 Å². The van der Waals surface area contributed by atoms with Gasteiger partial charge in [0.1, 0.15) is 0 Å². The maximum absolute atomic E-state index is 3.77. The van der Waals surface area contributed by atoms with Crippen LogP contribution in [0.3, 0.4) is 0 Å². The van der Waals surface area contributed by atoms with Crippen molar-refractivity contribution >= 4 is 21.4 Å². The van der Waals surface area contributed by atoms with Crippen LogP contribution >= 0.6 is 11.3 Å². The van der Waals surface area contributed by atoms with Crippen molar-refractivity contribution in [1.29, 1.82) is 0 Å². The van der Waals surface area contributed by atoms with Gasteiger partial charge in [-0.3, -0.25) is 0 Å². The fourth-order valence-electron chi connectivity index (χ4n) is 3.34. The Labute approximate surface area is 126 Å². The van der Waals surface area contributed by atoms with Crippen LogP contribution in [0.2, 0.25) is 0 Å². The summed E-state index contributed by atoms with van der Waals surface area (Å²) in [5.74, 6) is 1.77. The summed E-state index contributed by atoms with van der Waals surface area (Å²) >= 11 is 1.93. The van der Waals surface area contributed by atoms with E-state index in [1.807, 2.05) is 11.3 Å². The molecule has 3 unspecified atom stereocenters. The van der Waals surface area contributed by atoms with Gasteiger partial charge in [-0.15, -0.1) is 11.3 Å². The molecule has 1 heterocycles. The van der Waals surface area contributed by atoms with E-state index in [2.05, 4.69) is 49.5 Å². The SMILES string of the molecule is CC(NCC1CCCCC1C)c1cc2ccccc2s1. The number of nitrogens with one attached hydrogen (secondary N) is 1. The van der Waals surface area contributed by atoms with Crippen molar-refractivity contribution in [3.63, 3.8) is 0 Å². The molecule has 1 aromatic heterocycles. The third kappa shape index (κ3) is 3.07. The Kier molecular flexibility index (Phi) is 4.42. The van der Waals surface area contributed by atoms with Crippen LogP contribution in [0.1, 0.15) is 50.4 Å². The van der Waals surface area contributed by atoms with Crippen LogP contribution in [-0.4, -0.2) is 6.54 Å². The zero-order valence-electron chi connectivity index (χ0n) is 12.6. The summed E-state index contributed by atoms with van der Waals surface area (Å²) in [6.07, 6.45) is 5.69. The smallest absolute Gasteiger partial charge is 0.0386 e. The van der Waals surface area contributed by atoms with E-state index < -0.39 is 0 Å². The summed E-state index contributed by atoms with van der Waals surface area (Å²) in [4.78, 5) is 1.47.